The largest absolute Gasteiger partial charge is 0.466 e. The van der Waals surface area contributed by atoms with E-state index in [1.54, 1.807) is 0 Å². The molecule has 3 N–H and O–H groups in total. The molecule has 1 amide bonds. The molecule has 2 atom stereocenters. The number of amides is 1. The second-order valence-electron chi connectivity index (χ2n) is 20.0. The van der Waals surface area contributed by atoms with Gasteiger partial charge in [-0.25, -0.2) is 0 Å². The number of carbonyl (C=O) groups excluding carboxylic acids is 2. The van der Waals surface area contributed by atoms with E-state index in [1.165, 1.54) is 244 Å². The smallest absolute Gasteiger partial charge is 0.305 e. The van der Waals surface area contributed by atoms with E-state index in [-0.39, 0.29) is 18.5 Å². The topological polar surface area (TPSA) is 95.9 Å². The Balaban J connectivity index is 3.40. The molecule has 0 heterocycles. The van der Waals surface area contributed by atoms with Gasteiger partial charge in [-0.05, 0) is 25.7 Å². The first kappa shape index (κ1) is 61.9. The third kappa shape index (κ3) is 50.1. The minimum absolute atomic E-state index is 0.000271. The summed E-state index contributed by atoms with van der Waals surface area (Å²) in [5.41, 5.74) is 0. The van der Waals surface area contributed by atoms with E-state index in [0.717, 1.165) is 51.4 Å². The van der Waals surface area contributed by atoms with Crippen LogP contribution in [0.2, 0.25) is 0 Å². The number of hydrogen-bond acceptors (Lipinski definition) is 5. The quantitative estimate of drug-likeness (QED) is 0.0418. The van der Waals surface area contributed by atoms with Crippen LogP contribution in [0.1, 0.15) is 328 Å². The van der Waals surface area contributed by atoms with Crippen molar-refractivity contribution in [1.82, 2.24) is 5.32 Å². The zero-order valence-electron chi connectivity index (χ0n) is 42.8. The summed E-state index contributed by atoms with van der Waals surface area (Å²) in [7, 11) is 0. The highest BCUT2D eigenvalue weighted by atomic mass is 16.5. The molecule has 0 bridgehead atoms. The van der Waals surface area contributed by atoms with E-state index < -0.39 is 12.1 Å². The van der Waals surface area contributed by atoms with Gasteiger partial charge in [0.2, 0.25) is 5.91 Å². The maximum absolute atomic E-state index is 12.5. The minimum Gasteiger partial charge on any atom is -0.466 e. The van der Waals surface area contributed by atoms with Gasteiger partial charge in [0.15, 0.2) is 0 Å². The fraction of sp³-hybridized carbons (Fsp3) is 0.965. The van der Waals surface area contributed by atoms with Gasteiger partial charge in [-0.3, -0.25) is 9.59 Å². The fourth-order valence-corrected chi connectivity index (χ4v) is 9.23. The fourth-order valence-electron chi connectivity index (χ4n) is 9.23. The van der Waals surface area contributed by atoms with Gasteiger partial charge in [-0.1, -0.05) is 290 Å². The third-order valence-corrected chi connectivity index (χ3v) is 13.7. The van der Waals surface area contributed by atoms with Crippen LogP contribution in [-0.4, -0.2) is 47.4 Å². The molecule has 0 spiro atoms. The SMILES string of the molecule is CCCCCCCCCCCCCCCCCCCCCC(=O)OCCCCCCCCCCCCCCCC(=O)NC(CO)C(O)CCCCCCCCCCCCCCCC. The Kier molecular flexibility index (Phi) is 52.5. The predicted molar refractivity (Wildman–Crippen MR) is 274 cm³/mol. The zero-order chi connectivity index (χ0) is 45.8. The number of unbranched alkanes of at least 4 members (excludes halogenated alkanes) is 43. The first-order chi connectivity index (χ1) is 31.0. The van der Waals surface area contributed by atoms with Gasteiger partial charge in [-0.15, -0.1) is 0 Å². The van der Waals surface area contributed by atoms with Crippen molar-refractivity contribution in [3.8, 4) is 0 Å². The average Bonchev–Trinajstić information content (AvgIpc) is 3.28. The van der Waals surface area contributed by atoms with Gasteiger partial charge < -0.3 is 20.3 Å². The standard InChI is InChI=1S/C57H113NO5/c1-3-5-7-9-11-13-15-17-19-20-21-22-23-27-31-35-39-43-47-51-57(62)63-52-48-44-40-36-32-28-24-26-30-34-38-42-46-50-56(61)58-54(53-59)55(60)49-45-41-37-33-29-25-18-16-14-12-10-8-6-4-2/h54-55,59-60H,3-53H2,1-2H3,(H,58,61). The van der Waals surface area contributed by atoms with Crippen LogP contribution in [0.25, 0.3) is 0 Å². The number of rotatable bonds is 54. The molecule has 0 rings (SSSR count). The van der Waals surface area contributed by atoms with Gasteiger partial charge >= 0.3 is 5.97 Å². The van der Waals surface area contributed by atoms with Crippen molar-refractivity contribution in [2.45, 2.75) is 341 Å². The van der Waals surface area contributed by atoms with E-state index in [0.29, 0.717) is 25.9 Å². The van der Waals surface area contributed by atoms with Crippen molar-refractivity contribution in [2.24, 2.45) is 0 Å². The maximum atomic E-state index is 12.5. The van der Waals surface area contributed by atoms with Crippen LogP contribution in [0.15, 0.2) is 0 Å². The Morgan fingerprint density at radius 2 is 0.651 bits per heavy atom. The molecule has 0 fully saturated rings. The van der Waals surface area contributed by atoms with E-state index in [4.69, 9.17) is 4.74 Å². The maximum Gasteiger partial charge on any atom is 0.305 e. The van der Waals surface area contributed by atoms with Crippen LogP contribution >= 0.6 is 0 Å². The summed E-state index contributed by atoms with van der Waals surface area (Å²) in [5, 5.41) is 23.2. The molecule has 6 nitrogen and oxygen atoms in total. The highest BCUT2D eigenvalue weighted by Gasteiger charge is 2.20. The Hall–Kier alpha value is -1.14. The molecule has 6 heteroatoms. The number of esters is 1. The lowest BCUT2D eigenvalue weighted by molar-refractivity contribution is -0.143. The van der Waals surface area contributed by atoms with Crippen LogP contribution in [0.4, 0.5) is 0 Å². The lowest BCUT2D eigenvalue weighted by atomic mass is 10.0. The van der Waals surface area contributed by atoms with E-state index >= 15 is 0 Å². The van der Waals surface area contributed by atoms with Gasteiger partial charge in [0, 0.05) is 12.8 Å². The molecule has 0 aromatic carbocycles. The van der Waals surface area contributed by atoms with Gasteiger partial charge in [-0.2, -0.15) is 0 Å². The molecule has 0 aliphatic rings. The molecule has 0 aromatic heterocycles. The summed E-state index contributed by atoms with van der Waals surface area (Å²) in [4.78, 5) is 24.5. The van der Waals surface area contributed by atoms with Crippen LogP contribution in [0.3, 0.4) is 0 Å². The van der Waals surface area contributed by atoms with Crippen molar-refractivity contribution < 1.29 is 24.5 Å². The van der Waals surface area contributed by atoms with Gasteiger partial charge in [0.25, 0.3) is 0 Å². The number of ether oxygens (including phenoxy) is 1. The second-order valence-corrected chi connectivity index (χ2v) is 20.0. The summed E-state index contributed by atoms with van der Waals surface area (Å²) in [6.45, 7) is 4.95. The Morgan fingerprint density at radius 1 is 0.381 bits per heavy atom. The number of aliphatic hydroxyl groups excluding tert-OH is 2. The van der Waals surface area contributed by atoms with Crippen molar-refractivity contribution in [1.29, 1.82) is 0 Å². The molecular weight excluding hydrogens is 779 g/mol. The molecule has 0 aliphatic carbocycles. The highest BCUT2D eigenvalue weighted by molar-refractivity contribution is 5.76. The molecule has 376 valence electrons. The highest BCUT2D eigenvalue weighted by Crippen LogP contribution is 2.18. The number of carbonyl (C=O) groups is 2. The number of nitrogens with one attached hydrogen (secondary N) is 1. The predicted octanol–water partition coefficient (Wildman–Crippen LogP) is 17.5. The molecule has 63 heavy (non-hydrogen) atoms. The van der Waals surface area contributed by atoms with Gasteiger partial charge in [0.1, 0.15) is 0 Å². The van der Waals surface area contributed by atoms with Crippen LogP contribution in [0.5, 0.6) is 0 Å². The van der Waals surface area contributed by atoms with Gasteiger partial charge in [0.05, 0.1) is 25.4 Å². The van der Waals surface area contributed by atoms with Crippen LogP contribution in [-0.2, 0) is 14.3 Å². The van der Waals surface area contributed by atoms with E-state index in [9.17, 15) is 19.8 Å². The van der Waals surface area contributed by atoms with E-state index in [2.05, 4.69) is 19.2 Å². The van der Waals surface area contributed by atoms with Crippen LogP contribution < -0.4 is 5.32 Å². The van der Waals surface area contributed by atoms with Crippen molar-refractivity contribution in [2.75, 3.05) is 13.2 Å². The lowest BCUT2D eigenvalue weighted by Gasteiger charge is -2.22. The minimum atomic E-state index is -0.671. The number of aliphatic hydroxyl groups is 2. The molecule has 2 unspecified atom stereocenters. The summed E-state index contributed by atoms with van der Waals surface area (Å²) < 4.78 is 5.49. The summed E-state index contributed by atoms with van der Waals surface area (Å²) in [5.74, 6) is -0.0449. The monoisotopic (exact) mass is 892 g/mol. The van der Waals surface area contributed by atoms with Crippen molar-refractivity contribution in [3.05, 3.63) is 0 Å². The molecular formula is C57H113NO5. The first-order valence-electron chi connectivity index (χ1n) is 28.8. The Labute approximate surface area is 394 Å². The first-order valence-corrected chi connectivity index (χ1v) is 28.8. The normalized spacial score (nSPS) is 12.5. The Bertz CT molecular complexity index is 898. The zero-order valence-corrected chi connectivity index (χ0v) is 42.8. The molecule has 0 radical (unpaired) electrons. The lowest BCUT2D eigenvalue weighted by Crippen LogP contribution is -2.45. The van der Waals surface area contributed by atoms with E-state index in [1.807, 2.05) is 0 Å². The van der Waals surface area contributed by atoms with Crippen molar-refractivity contribution in [3.63, 3.8) is 0 Å². The average molecular weight is 893 g/mol. The number of hydrogen-bond donors (Lipinski definition) is 3. The Morgan fingerprint density at radius 3 is 0.968 bits per heavy atom. The molecule has 0 saturated carbocycles. The molecule has 0 aliphatic heterocycles. The summed E-state index contributed by atoms with van der Waals surface area (Å²) >= 11 is 0. The molecule has 0 saturated heterocycles. The third-order valence-electron chi connectivity index (χ3n) is 13.7. The summed E-state index contributed by atoms with van der Waals surface area (Å²) in [6, 6.07) is -0.549. The van der Waals surface area contributed by atoms with Crippen molar-refractivity contribution >= 4 is 11.9 Å². The second kappa shape index (κ2) is 53.5. The molecule has 0 aromatic rings. The van der Waals surface area contributed by atoms with Crippen LogP contribution in [0, 0.1) is 0 Å². The summed E-state index contributed by atoms with van der Waals surface area (Å²) in [6.07, 6.45) is 60.9.